The zero-order valence-corrected chi connectivity index (χ0v) is 23.8. The van der Waals surface area contributed by atoms with Gasteiger partial charge in [-0.25, -0.2) is 0 Å². The van der Waals surface area contributed by atoms with E-state index in [0.717, 1.165) is 5.56 Å². The van der Waals surface area contributed by atoms with E-state index in [1.54, 1.807) is 55.5 Å². The van der Waals surface area contributed by atoms with E-state index in [1.807, 2.05) is 13.0 Å². The van der Waals surface area contributed by atoms with Crippen molar-refractivity contribution in [3.8, 4) is 0 Å². The summed E-state index contributed by atoms with van der Waals surface area (Å²) in [5.41, 5.74) is 1.91. The number of aromatic nitrogens is 4. The summed E-state index contributed by atoms with van der Waals surface area (Å²) in [5, 5.41) is 31.0. The number of tetrazole rings is 1. The minimum absolute atomic E-state index is 0.0429. The summed E-state index contributed by atoms with van der Waals surface area (Å²) in [6.07, 6.45) is 0.0253. The molecule has 2 heterocycles. The number of carboxylic acids is 1. The number of fused-ring (bicyclic) bond motifs is 1. The van der Waals surface area contributed by atoms with Crippen LogP contribution in [0.5, 0.6) is 0 Å². The van der Waals surface area contributed by atoms with Crippen molar-refractivity contribution in [2.24, 2.45) is 5.92 Å². The van der Waals surface area contributed by atoms with Gasteiger partial charge in [0.25, 0.3) is 5.91 Å². The van der Waals surface area contributed by atoms with Crippen molar-refractivity contribution in [1.29, 1.82) is 0 Å². The molecule has 14 nitrogen and oxygen atoms in total. The van der Waals surface area contributed by atoms with Gasteiger partial charge in [0.15, 0.2) is 5.82 Å². The van der Waals surface area contributed by atoms with Crippen molar-refractivity contribution >= 4 is 35.3 Å². The highest BCUT2D eigenvalue weighted by atomic mass is 16.4. The zero-order valence-electron chi connectivity index (χ0n) is 23.8. The van der Waals surface area contributed by atoms with Crippen molar-refractivity contribution in [2.75, 3.05) is 4.90 Å². The monoisotopic (exact) mass is 590 g/mol. The minimum atomic E-state index is -1.51. The Kier molecular flexibility index (Phi) is 10.1. The molecule has 4 rings (SSSR count). The molecular weight excluding hydrogens is 556 g/mol. The molecule has 0 saturated heterocycles. The number of anilines is 1. The van der Waals surface area contributed by atoms with E-state index in [9.17, 15) is 29.1 Å². The van der Waals surface area contributed by atoms with Crippen molar-refractivity contribution in [3.63, 3.8) is 0 Å². The van der Waals surface area contributed by atoms with Crippen LogP contribution in [-0.4, -0.2) is 73.5 Å². The van der Waals surface area contributed by atoms with Crippen LogP contribution in [0.1, 0.15) is 43.6 Å². The molecule has 1 aliphatic rings. The quantitative estimate of drug-likeness (QED) is 0.188. The van der Waals surface area contributed by atoms with E-state index in [1.165, 1.54) is 4.90 Å². The summed E-state index contributed by atoms with van der Waals surface area (Å²) < 4.78 is 0. The second kappa shape index (κ2) is 14.2. The predicted molar refractivity (Wildman–Crippen MR) is 153 cm³/mol. The number of amides is 4. The van der Waals surface area contributed by atoms with Crippen LogP contribution in [0.3, 0.4) is 0 Å². The third-order valence-corrected chi connectivity index (χ3v) is 7.34. The van der Waals surface area contributed by atoms with E-state index in [0.29, 0.717) is 17.7 Å². The summed E-state index contributed by atoms with van der Waals surface area (Å²) >= 11 is 0. The summed E-state index contributed by atoms with van der Waals surface area (Å²) in [7, 11) is 0. The number of para-hydroxylation sites is 1. The van der Waals surface area contributed by atoms with Gasteiger partial charge >= 0.3 is 5.97 Å². The third kappa shape index (κ3) is 7.78. The van der Waals surface area contributed by atoms with Crippen LogP contribution in [0, 0.1) is 5.92 Å². The fourth-order valence-electron chi connectivity index (χ4n) is 4.92. The number of hydrogen-bond acceptors (Lipinski definition) is 8. The first kappa shape index (κ1) is 30.8. The van der Waals surface area contributed by atoms with Crippen molar-refractivity contribution in [2.45, 2.75) is 64.2 Å². The maximum atomic E-state index is 14.0. The molecule has 226 valence electrons. The van der Waals surface area contributed by atoms with Crippen LogP contribution in [0.4, 0.5) is 5.69 Å². The van der Waals surface area contributed by atoms with Gasteiger partial charge in [0, 0.05) is 12.1 Å². The molecule has 0 fully saturated rings. The summed E-state index contributed by atoms with van der Waals surface area (Å²) in [6.45, 7) is 3.59. The molecule has 5 N–H and O–H groups in total. The lowest BCUT2D eigenvalue weighted by Gasteiger charge is -2.30. The Hall–Kier alpha value is -5.14. The molecule has 0 saturated carbocycles. The number of aromatic amines is 1. The number of nitrogens with zero attached hydrogens (tertiary/aromatic N) is 4. The molecule has 0 aliphatic carbocycles. The summed E-state index contributed by atoms with van der Waals surface area (Å²) in [6, 6.07) is 12.4. The normalized spacial score (nSPS) is 16.0. The van der Waals surface area contributed by atoms with E-state index >= 15 is 0 Å². The highest BCUT2D eigenvalue weighted by Crippen LogP contribution is 2.33. The SMILES string of the molecule is CC[C@H](C)[C@H](NC(=O)Cc1ccccc1)C(=O)N[C@H](CC(=O)O)C(=O)N1c2ccccc2C[C@H]1C(=O)NCc1nn[nH]n1. The van der Waals surface area contributed by atoms with Gasteiger partial charge in [-0.15, -0.1) is 10.2 Å². The first-order valence-corrected chi connectivity index (χ1v) is 13.9. The van der Waals surface area contributed by atoms with E-state index in [-0.39, 0.29) is 37.0 Å². The predicted octanol–water partition coefficient (Wildman–Crippen LogP) is 0.507. The topological polar surface area (TPSA) is 199 Å². The van der Waals surface area contributed by atoms with E-state index in [4.69, 9.17) is 0 Å². The molecule has 0 bridgehead atoms. The number of nitrogens with one attached hydrogen (secondary N) is 4. The third-order valence-electron chi connectivity index (χ3n) is 7.34. The number of rotatable bonds is 13. The Balaban J connectivity index is 1.54. The average Bonchev–Trinajstić information content (AvgIpc) is 3.66. The molecule has 1 aromatic heterocycles. The maximum Gasteiger partial charge on any atom is 0.305 e. The number of aliphatic carboxylic acids is 1. The van der Waals surface area contributed by atoms with Crippen LogP contribution < -0.4 is 20.9 Å². The number of carboxylic acid groups (broad SMARTS) is 1. The largest absolute Gasteiger partial charge is 0.481 e. The van der Waals surface area contributed by atoms with Crippen molar-refractivity contribution < 1.29 is 29.1 Å². The highest BCUT2D eigenvalue weighted by Gasteiger charge is 2.42. The second-order valence-corrected chi connectivity index (χ2v) is 10.4. The van der Waals surface area contributed by atoms with Crippen LogP contribution >= 0.6 is 0 Å². The van der Waals surface area contributed by atoms with Gasteiger partial charge in [0.2, 0.25) is 17.7 Å². The molecule has 0 unspecified atom stereocenters. The van der Waals surface area contributed by atoms with Gasteiger partial charge in [-0.1, -0.05) is 74.0 Å². The summed E-state index contributed by atoms with van der Waals surface area (Å²) in [5.74, 6) is -3.77. The molecule has 2 aromatic carbocycles. The molecule has 14 heteroatoms. The number of carbonyl (C=O) groups is 5. The molecule has 3 aromatic rings. The van der Waals surface area contributed by atoms with Crippen LogP contribution in [0.2, 0.25) is 0 Å². The van der Waals surface area contributed by atoms with Gasteiger partial charge in [0.05, 0.1) is 19.4 Å². The van der Waals surface area contributed by atoms with Crippen LogP contribution in [0.15, 0.2) is 54.6 Å². The Morgan fingerprint density at radius 1 is 1.05 bits per heavy atom. The smallest absolute Gasteiger partial charge is 0.305 e. The van der Waals surface area contributed by atoms with Crippen LogP contribution in [0.25, 0.3) is 0 Å². The van der Waals surface area contributed by atoms with Crippen molar-refractivity contribution in [3.05, 3.63) is 71.5 Å². The molecular formula is C29H34N8O6. The molecule has 43 heavy (non-hydrogen) atoms. The number of benzene rings is 2. The Morgan fingerprint density at radius 2 is 1.77 bits per heavy atom. The zero-order chi connectivity index (χ0) is 30.9. The van der Waals surface area contributed by atoms with E-state index in [2.05, 4.69) is 36.6 Å². The molecule has 0 spiro atoms. The fraction of sp³-hybridized carbons (Fsp3) is 0.379. The molecule has 4 amide bonds. The first-order chi connectivity index (χ1) is 20.7. The van der Waals surface area contributed by atoms with Crippen molar-refractivity contribution in [1.82, 2.24) is 36.6 Å². The van der Waals surface area contributed by atoms with Gasteiger partial charge in [0.1, 0.15) is 18.1 Å². The Morgan fingerprint density at radius 3 is 2.44 bits per heavy atom. The van der Waals surface area contributed by atoms with E-state index < -0.39 is 48.2 Å². The molecule has 0 radical (unpaired) electrons. The second-order valence-electron chi connectivity index (χ2n) is 10.4. The number of hydrogen-bond donors (Lipinski definition) is 5. The lowest BCUT2D eigenvalue weighted by atomic mass is 9.97. The number of H-pyrrole nitrogens is 1. The molecule has 1 aliphatic heterocycles. The van der Waals surface area contributed by atoms with Crippen LogP contribution in [-0.2, 0) is 43.4 Å². The summed E-state index contributed by atoms with van der Waals surface area (Å²) in [4.78, 5) is 66.7. The fourth-order valence-corrected chi connectivity index (χ4v) is 4.92. The lowest BCUT2D eigenvalue weighted by Crippen LogP contribution is -2.59. The Labute approximate surface area is 247 Å². The first-order valence-electron chi connectivity index (χ1n) is 13.9. The average molecular weight is 591 g/mol. The van der Waals surface area contributed by atoms with Gasteiger partial charge in [-0.2, -0.15) is 5.21 Å². The number of carbonyl (C=O) groups excluding carboxylic acids is 4. The van der Waals surface area contributed by atoms with Gasteiger partial charge in [-0.3, -0.25) is 28.9 Å². The van der Waals surface area contributed by atoms with Gasteiger partial charge in [-0.05, 0) is 23.1 Å². The molecule has 4 atom stereocenters. The minimum Gasteiger partial charge on any atom is -0.481 e. The highest BCUT2D eigenvalue weighted by molar-refractivity contribution is 6.08. The lowest BCUT2D eigenvalue weighted by molar-refractivity contribution is -0.140. The maximum absolute atomic E-state index is 14.0. The Bertz CT molecular complexity index is 1450. The standard InChI is InChI=1S/C29H34N8O6/c1-3-17(2)26(32-24(38)13-18-9-5-4-6-10-18)28(42)31-20(15-25(39)40)29(43)37-21-12-8-7-11-19(21)14-22(37)27(41)30-16-23-33-35-36-34-23/h4-12,17,20,22,26H,3,13-16H2,1-2H3,(H,30,41)(H,31,42)(H,32,38)(H,39,40)(H,33,34,35,36)/t17-,20+,22-,26-/m0/s1. The van der Waals surface area contributed by atoms with Gasteiger partial charge < -0.3 is 21.1 Å².